The molecule has 1 aliphatic rings. The lowest BCUT2D eigenvalue weighted by Gasteiger charge is -2.20. The second kappa shape index (κ2) is 6.47. The van der Waals surface area contributed by atoms with Gasteiger partial charge in [-0.15, -0.1) is 0 Å². The first-order valence-corrected chi connectivity index (χ1v) is 6.65. The summed E-state index contributed by atoms with van der Waals surface area (Å²) < 4.78 is 11.3. The molecular weight excluding hydrogens is 262 g/mol. The standard InChI is InChI=1S/C13H21N3O4/c1-7-4-8(5-16-13(7)15)11-12(19-3-2-14)10(18)9(6-17)20-11/h4-5,9-12,17-18H,2-3,6,14H2,1H3,(H2,15,16)/p+1/t9-,10-,11+,12-/m1/s1. The summed E-state index contributed by atoms with van der Waals surface area (Å²) in [5.41, 5.74) is 11.0. The van der Waals surface area contributed by atoms with Crippen molar-refractivity contribution in [2.45, 2.75) is 31.3 Å². The Morgan fingerprint density at radius 2 is 2.30 bits per heavy atom. The van der Waals surface area contributed by atoms with Gasteiger partial charge in [-0.05, 0) is 18.6 Å². The number of aromatic nitrogens is 1. The summed E-state index contributed by atoms with van der Waals surface area (Å²) >= 11 is 0. The Bertz CT molecular complexity index is 457. The molecule has 0 bridgehead atoms. The predicted octanol–water partition coefficient (Wildman–Crippen LogP) is -1.61. The van der Waals surface area contributed by atoms with Crippen LogP contribution in [0.4, 0.5) is 5.82 Å². The summed E-state index contributed by atoms with van der Waals surface area (Å²) in [6, 6.07) is 1.86. The van der Waals surface area contributed by atoms with Crippen molar-refractivity contribution in [2.24, 2.45) is 0 Å². The van der Waals surface area contributed by atoms with Crippen LogP contribution in [0, 0.1) is 6.92 Å². The number of aliphatic hydroxyl groups is 2. The molecule has 0 amide bonds. The van der Waals surface area contributed by atoms with Gasteiger partial charge in [0.2, 0.25) is 0 Å². The molecule has 1 aromatic heterocycles. The normalized spacial score (nSPS) is 29.8. The van der Waals surface area contributed by atoms with E-state index in [9.17, 15) is 10.2 Å². The molecule has 0 radical (unpaired) electrons. The lowest BCUT2D eigenvalue weighted by molar-refractivity contribution is -0.376. The van der Waals surface area contributed by atoms with Crippen molar-refractivity contribution in [3.8, 4) is 0 Å². The topological polar surface area (TPSA) is 125 Å². The third-order valence-corrected chi connectivity index (χ3v) is 3.44. The molecule has 0 aromatic carbocycles. The van der Waals surface area contributed by atoms with E-state index in [0.29, 0.717) is 19.0 Å². The molecule has 7 heteroatoms. The minimum atomic E-state index is -0.880. The molecule has 1 aromatic rings. The molecule has 4 atom stereocenters. The summed E-state index contributed by atoms with van der Waals surface area (Å²) in [5.74, 6) is 0.459. The second-order valence-electron chi connectivity index (χ2n) is 4.93. The van der Waals surface area contributed by atoms with Gasteiger partial charge in [0, 0.05) is 11.8 Å². The number of nitrogen functional groups attached to an aromatic ring is 1. The Balaban J connectivity index is 2.24. The zero-order valence-corrected chi connectivity index (χ0v) is 11.5. The van der Waals surface area contributed by atoms with Crippen molar-refractivity contribution < 1.29 is 25.4 Å². The number of hydrogen-bond acceptors (Lipinski definition) is 6. The highest BCUT2D eigenvalue weighted by atomic mass is 16.6. The first kappa shape index (κ1) is 15.1. The zero-order chi connectivity index (χ0) is 14.7. The van der Waals surface area contributed by atoms with Crippen LogP contribution in [0.5, 0.6) is 0 Å². The van der Waals surface area contributed by atoms with Crippen LogP contribution in [0.2, 0.25) is 0 Å². The van der Waals surface area contributed by atoms with Gasteiger partial charge in [0.1, 0.15) is 30.2 Å². The Hall–Kier alpha value is -1.25. The highest BCUT2D eigenvalue weighted by molar-refractivity contribution is 5.40. The summed E-state index contributed by atoms with van der Waals surface area (Å²) in [7, 11) is 0. The van der Waals surface area contributed by atoms with Gasteiger partial charge in [0.05, 0.1) is 19.8 Å². The van der Waals surface area contributed by atoms with Crippen molar-refractivity contribution >= 4 is 5.82 Å². The van der Waals surface area contributed by atoms with Gasteiger partial charge in [0.15, 0.2) is 0 Å². The van der Waals surface area contributed by atoms with E-state index in [4.69, 9.17) is 15.2 Å². The molecule has 0 saturated carbocycles. The molecule has 0 unspecified atom stereocenters. The monoisotopic (exact) mass is 284 g/mol. The van der Waals surface area contributed by atoms with Crippen LogP contribution in [-0.4, -0.2) is 53.3 Å². The third kappa shape index (κ3) is 2.92. The summed E-state index contributed by atoms with van der Waals surface area (Å²) in [6.45, 7) is 2.61. The predicted molar refractivity (Wildman–Crippen MR) is 71.6 cm³/mol. The van der Waals surface area contributed by atoms with E-state index in [2.05, 4.69) is 10.7 Å². The lowest BCUT2D eigenvalue weighted by Crippen LogP contribution is -2.53. The largest absolute Gasteiger partial charge is 0.394 e. The SMILES string of the molecule is Cc1cc([C@@H]2O[C@H](CO)[C@@H](O)[C@H]2OCC[NH3+])cnc1N. The number of rotatable bonds is 5. The van der Waals surface area contributed by atoms with Crippen molar-refractivity contribution in [3.63, 3.8) is 0 Å². The summed E-state index contributed by atoms with van der Waals surface area (Å²) in [5, 5.41) is 19.4. The van der Waals surface area contributed by atoms with Gasteiger partial charge in [0.25, 0.3) is 0 Å². The zero-order valence-electron chi connectivity index (χ0n) is 11.5. The van der Waals surface area contributed by atoms with Crippen molar-refractivity contribution in [2.75, 3.05) is 25.5 Å². The number of aliphatic hydroxyl groups excluding tert-OH is 2. The number of pyridine rings is 1. The first-order chi connectivity index (χ1) is 9.58. The van der Waals surface area contributed by atoms with Gasteiger partial charge in [-0.2, -0.15) is 0 Å². The van der Waals surface area contributed by atoms with Crippen LogP contribution in [0.1, 0.15) is 17.2 Å². The fraction of sp³-hybridized carbons (Fsp3) is 0.615. The molecule has 0 spiro atoms. The molecule has 2 rings (SSSR count). The van der Waals surface area contributed by atoms with Crippen LogP contribution >= 0.6 is 0 Å². The average Bonchev–Trinajstić information content (AvgIpc) is 2.76. The number of hydrogen-bond donors (Lipinski definition) is 4. The highest BCUT2D eigenvalue weighted by Gasteiger charge is 2.45. The van der Waals surface area contributed by atoms with Gasteiger partial charge in [-0.3, -0.25) is 0 Å². The number of aryl methyl sites for hydroxylation is 1. The van der Waals surface area contributed by atoms with Crippen molar-refractivity contribution in [1.82, 2.24) is 4.98 Å². The molecule has 1 aliphatic heterocycles. The molecule has 20 heavy (non-hydrogen) atoms. The van der Waals surface area contributed by atoms with E-state index in [-0.39, 0.29) is 6.61 Å². The molecule has 0 aliphatic carbocycles. The Labute approximate surface area is 117 Å². The number of anilines is 1. The summed E-state index contributed by atoms with van der Waals surface area (Å²) in [6.07, 6.45) is -0.943. The van der Waals surface area contributed by atoms with E-state index >= 15 is 0 Å². The number of nitrogens with two attached hydrogens (primary N) is 1. The van der Waals surface area contributed by atoms with Gasteiger partial charge >= 0.3 is 0 Å². The van der Waals surface area contributed by atoms with Crippen LogP contribution in [0.25, 0.3) is 0 Å². The van der Waals surface area contributed by atoms with Crippen LogP contribution < -0.4 is 11.5 Å². The molecular formula is C13H22N3O4+. The minimum Gasteiger partial charge on any atom is -0.394 e. The number of ether oxygens (including phenoxy) is 2. The maximum Gasteiger partial charge on any atom is 0.126 e. The maximum absolute atomic E-state index is 10.2. The molecule has 1 saturated heterocycles. The quantitative estimate of drug-likeness (QED) is 0.515. The number of quaternary nitrogens is 1. The van der Waals surface area contributed by atoms with Gasteiger partial charge in [-0.1, -0.05) is 0 Å². The molecule has 2 heterocycles. The number of nitrogens with zero attached hydrogens (tertiary/aromatic N) is 1. The fourth-order valence-electron chi connectivity index (χ4n) is 2.32. The Kier molecular flexibility index (Phi) is 4.90. The Morgan fingerprint density at radius 1 is 1.55 bits per heavy atom. The Morgan fingerprint density at radius 3 is 2.90 bits per heavy atom. The van der Waals surface area contributed by atoms with E-state index in [0.717, 1.165) is 11.1 Å². The fourth-order valence-corrected chi connectivity index (χ4v) is 2.32. The van der Waals surface area contributed by atoms with Gasteiger partial charge < -0.3 is 31.2 Å². The molecule has 112 valence electrons. The summed E-state index contributed by atoms with van der Waals surface area (Å²) in [4.78, 5) is 4.10. The highest BCUT2D eigenvalue weighted by Crippen LogP contribution is 2.35. The average molecular weight is 284 g/mol. The molecule has 7 N–H and O–H groups in total. The lowest BCUT2D eigenvalue weighted by atomic mass is 10.0. The maximum atomic E-state index is 10.2. The van der Waals surface area contributed by atoms with Gasteiger partial charge in [-0.25, -0.2) is 4.98 Å². The van der Waals surface area contributed by atoms with Crippen LogP contribution in [0.3, 0.4) is 0 Å². The van der Waals surface area contributed by atoms with E-state index in [1.807, 2.05) is 13.0 Å². The molecule has 1 fully saturated rings. The van der Waals surface area contributed by atoms with Crippen molar-refractivity contribution in [1.29, 1.82) is 0 Å². The van der Waals surface area contributed by atoms with Crippen LogP contribution in [0.15, 0.2) is 12.3 Å². The minimum absolute atomic E-state index is 0.261. The van der Waals surface area contributed by atoms with E-state index in [1.165, 1.54) is 0 Å². The first-order valence-electron chi connectivity index (χ1n) is 6.65. The third-order valence-electron chi connectivity index (χ3n) is 3.44. The van der Waals surface area contributed by atoms with E-state index in [1.54, 1.807) is 6.20 Å². The smallest absolute Gasteiger partial charge is 0.126 e. The second-order valence-corrected chi connectivity index (χ2v) is 4.93. The molecule has 7 nitrogen and oxygen atoms in total. The van der Waals surface area contributed by atoms with E-state index < -0.39 is 24.4 Å². The van der Waals surface area contributed by atoms with Crippen molar-refractivity contribution in [3.05, 3.63) is 23.4 Å². The van der Waals surface area contributed by atoms with Crippen LogP contribution in [-0.2, 0) is 9.47 Å².